The zero-order valence-corrected chi connectivity index (χ0v) is 22.9. The molecular formula is C38H35N. The minimum atomic E-state index is 0.995. The molecule has 0 aliphatic heterocycles. The van der Waals surface area contributed by atoms with Gasteiger partial charge in [0.15, 0.2) is 0 Å². The van der Waals surface area contributed by atoms with E-state index < -0.39 is 0 Å². The normalized spacial score (nSPS) is 13.9. The number of benzene rings is 3. The van der Waals surface area contributed by atoms with Crippen LogP contribution in [-0.2, 0) is 6.42 Å². The van der Waals surface area contributed by atoms with E-state index in [4.69, 9.17) is 0 Å². The Bertz CT molecular complexity index is 1660. The van der Waals surface area contributed by atoms with Gasteiger partial charge in [0.25, 0.3) is 0 Å². The van der Waals surface area contributed by atoms with Gasteiger partial charge < -0.3 is 4.57 Å². The highest BCUT2D eigenvalue weighted by Crippen LogP contribution is 2.36. The molecule has 192 valence electrons. The van der Waals surface area contributed by atoms with E-state index in [0.29, 0.717) is 0 Å². The lowest BCUT2D eigenvalue weighted by atomic mass is 9.96. The number of allylic oxidation sites excluding steroid dienone is 11. The molecule has 39 heavy (non-hydrogen) atoms. The van der Waals surface area contributed by atoms with Gasteiger partial charge in [-0.05, 0) is 84.4 Å². The second-order valence-electron chi connectivity index (χ2n) is 9.88. The smallest absolute Gasteiger partial charge is 0.0538 e. The largest absolute Gasteiger partial charge is 0.313 e. The summed E-state index contributed by atoms with van der Waals surface area (Å²) in [5.41, 5.74) is 12.0. The molecule has 0 saturated carbocycles. The highest BCUT2D eigenvalue weighted by molar-refractivity contribution is 5.96. The first-order valence-electron chi connectivity index (χ1n) is 13.6. The van der Waals surface area contributed by atoms with E-state index in [1.54, 1.807) is 0 Å². The first-order valence-corrected chi connectivity index (χ1v) is 13.6. The lowest BCUT2D eigenvalue weighted by Gasteiger charge is -2.14. The van der Waals surface area contributed by atoms with Crippen molar-refractivity contribution in [1.82, 2.24) is 4.57 Å². The number of fused-ring (bicyclic) bond motifs is 3. The summed E-state index contributed by atoms with van der Waals surface area (Å²) in [5, 5.41) is 1.28. The zero-order chi connectivity index (χ0) is 27.2. The molecule has 0 fully saturated rings. The molecule has 4 aromatic rings. The van der Waals surface area contributed by atoms with Crippen molar-refractivity contribution in [3.63, 3.8) is 0 Å². The van der Waals surface area contributed by atoms with E-state index >= 15 is 0 Å². The van der Waals surface area contributed by atoms with E-state index in [1.165, 1.54) is 44.5 Å². The quantitative estimate of drug-likeness (QED) is 0.210. The average Bonchev–Trinajstić information content (AvgIpc) is 3.31. The molecule has 0 radical (unpaired) electrons. The molecule has 0 N–H and O–H groups in total. The Kier molecular flexibility index (Phi) is 7.89. The number of aromatic nitrogens is 1. The van der Waals surface area contributed by atoms with Crippen molar-refractivity contribution < 1.29 is 0 Å². The fourth-order valence-corrected chi connectivity index (χ4v) is 5.22. The predicted molar refractivity (Wildman–Crippen MR) is 171 cm³/mol. The van der Waals surface area contributed by atoms with E-state index in [9.17, 15) is 0 Å². The molecule has 3 aromatic carbocycles. The molecule has 0 amide bonds. The number of hydrogen-bond donors (Lipinski definition) is 0. The highest BCUT2D eigenvalue weighted by atomic mass is 15.0. The summed E-state index contributed by atoms with van der Waals surface area (Å²) in [6, 6.07) is 26.3. The third-order valence-electron chi connectivity index (χ3n) is 7.28. The Balaban J connectivity index is 1.57. The Morgan fingerprint density at radius 2 is 1.69 bits per heavy atom. The molecule has 1 aliphatic carbocycles. The molecular weight excluding hydrogens is 470 g/mol. The van der Waals surface area contributed by atoms with Gasteiger partial charge in [-0.25, -0.2) is 0 Å². The van der Waals surface area contributed by atoms with Crippen LogP contribution < -0.4 is 0 Å². The van der Waals surface area contributed by atoms with Crippen molar-refractivity contribution in [1.29, 1.82) is 0 Å². The topological polar surface area (TPSA) is 4.93 Å². The summed E-state index contributed by atoms with van der Waals surface area (Å²) in [4.78, 5) is 0. The van der Waals surface area contributed by atoms with Crippen molar-refractivity contribution in [2.24, 2.45) is 0 Å². The van der Waals surface area contributed by atoms with Crippen LogP contribution in [0.1, 0.15) is 37.1 Å². The van der Waals surface area contributed by atoms with Crippen LogP contribution in [0.2, 0.25) is 0 Å². The van der Waals surface area contributed by atoms with Gasteiger partial charge in [0.05, 0.1) is 5.52 Å². The molecule has 1 aromatic heterocycles. The van der Waals surface area contributed by atoms with Gasteiger partial charge >= 0.3 is 0 Å². The molecule has 1 heteroatoms. The Morgan fingerprint density at radius 3 is 2.44 bits per heavy atom. The van der Waals surface area contributed by atoms with Crippen LogP contribution in [0.5, 0.6) is 0 Å². The summed E-state index contributed by atoms with van der Waals surface area (Å²) >= 11 is 0. The van der Waals surface area contributed by atoms with Crippen LogP contribution >= 0.6 is 0 Å². The molecule has 5 rings (SSSR count). The van der Waals surface area contributed by atoms with Crippen LogP contribution in [0, 0.1) is 0 Å². The molecule has 0 spiro atoms. The molecule has 1 nitrogen and oxygen atoms in total. The maximum Gasteiger partial charge on any atom is 0.0538 e. The number of nitrogens with zero attached hydrogens (tertiary/aromatic N) is 1. The maximum absolute atomic E-state index is 4.25. The summed E-state index contributed by atoms with van der Waals surface area (Å²) in [6.45, 7) is 12.3. The highest BCUT2D eigenvalue weighted by Gasteiger charge is 2.19. The van der Waals surface area contributed by atoms with Gasteiger partial charge in [0.1, 0.15) is 0 Å². The van der Waals surface area contributed by atoms with Crippen LogP contribution in [0.25, 0.3) is 39.4 Å². The molecule has 0 atom stereocenters. The molecule has 0 saturated heterocycles. The Hall–Kier alpha value is -4.62. The number of rotatable bonds is 8. The van der Waals surface area contributed by atoms with Crippen LogP contribution in [-0.4, -0.2) is 4.57 Å². The summed E-state index contributed by atoms with van der Waals surface area (Å²) < 4.78 is 2.44. The number of hydrogen-bond acceptors (Lipinski definition) is 0. The Morgan fingerprint density at radius 1 is 0.923 bits per heavy atom. The van der Waals surface area contributed by atoms with Gasteiger partial charge in [0.2, 0.25) is 0 Å². The van der Waals surface area contributed by atoms with Crippen molar-refractivity contribution in [3.8, 4) is 16.8 Å². The van der Waals surface area contributed by atoms with E-state index in [1.807, 2.05) is 37.3 Å². The summed E-state index contributed by atoms with van der Waals surface area (Å²) in [6.07, 6.45) is 20.9. The van der Waals surface area contributed by atoms with Crippen LogP contribution in [0.3, 0.4) is 0 Å². The maximum atomic E-state index is 4.25. The lowest BCUT2D eigenvalue weighted by molar-refractivity contribution is 0.888. The Labute approximate surface area is 232 Å². The zero-order valence-electron chi connectivity index (χ0n) is 22.9. The molecule has 0 bridgehead atoms. The van der Waals surface area contributed by atoms with E-state index in [-0.39, 0.29) is 0 Å². The minimum Gasteiger partial charge on any atom is -0.313 e. The van der Waals surface area contributed by atoms with E-state index in [2.05, 4.69) is 122 Å². The first kappa shape index (κ1) is 26.0. The fraction of sp³-hybridized carbons (Fsp3) is 0.105. The second kappa shape index (κ2) is 11.8. The van der Waals surface area contributed by atoms with E-state index in [0.717, 1.165) is 29.6 Å². The van der Waals surface area contributed by atoms with Crippen molar-refractivity contribution in [2.45, 2.75) is 26.7 Å². The molecule has 1 aliphatic rings. The standard InChI is InChI=1S/C38H35N/c1-5-7-9-15-28(3)29(4)26-32(14-6-2)33-22-25-38-36(27-33)35-18-12-13-19-37(35)39(38)34-23-20-31(21-24-34)30-16-10-8-11-17-30/h5-12,14-18,20-27H,2-3,13,19H2,1,4H3/b7-5-,15-9-,29-26+,32-14+. The lowest BCUT2D eigenvalue weighted by Crippen LogP contribution is -2.02. The third-order valence-corrected chi connectivity index (χ3v) is 7.28. The first-order chi connectivity index (χ1) is 19.1. The van der Waals surface area contributed by atoms with Crippen molar-refractivity contribution >= 4 is 22.6 Å². The van der Waals surface area contributed by atoms with Crippen molar-refractivity contribution in [2.75, 3.05) is 0 Å². The van der Waals surface area contributed by atoms with Gasteiger partial charge in [-0.3, -0.25) is 0 Å². The average molecular weight is 506 g/mol. The van der Waals surface area contributed by atoms with Gasteiger partial charge in [-0.15, -0.1) is 0 Å². The second-order valence-corrected chi connectivity index (χ2v) is 9.88. The van der Waals surface area contributed by atoms with Gasteiger partial charge in [-0.1, -0.05) is 116 Å². The molecule has 1 heterocycles. The summed E-state index contributed by atoms with van der Waals surface area (Å²) in [5.74, 6) is 0. The van der Waals surface area contributed by atoms with Crippen LogP contribution in [0.4, 0.5) is 0 Å². The third kappa shape index (κ3) is 5.49. The minimum absolute atomic E-state index is 0.995. The monoisotopic (exact) mass is 505 g/mol. The van der Waals surface area contributed by atoms with Gasteiger partial charge in [-0.2, -0.15) is 0 Å². The van der Waals surface area contributed by atoms with Gasteiger partial charge in [0, 0.05) is 22.3 Å². The SMILES string of the molecule is C=C/C=C(\C=C(/C)C(=C)/C=C\C=C/C)c1ccc2c(c1)c1c(n2-c2ccc(-c3ccccc3)cc2)CCC=C1. The summed E-state index contributed by atoms with van der Waals surface area (Å²) in [7, 11) is 0. The predicted octanol–water partition coefficient (Wildman–Crippen LogP) is 10.5. The van der Waals surface area contributed by atoms with Crippen LogP contribution in [0.15, 0.2) is 146 Å². The van der Waals surface area contributed by atoms with Crippen molar-refractivity contribution in [3.05, 3.63) is 163 Å². The fourth-order valence-electron chi connectivity index (χ4n) is 5.22. The molecule has 0 unspecified atom stereocenters.